The number of rotatable bonds is 2. The SMILES string of the molecule is C[C@H]1[C@@H](c2cccc(OC(F)(F)F)c2)OC(=O)N1C(C)(C)C. The molecule has 0 aliphatic carbocycles. The molecule has 0 unspecified atom stereocenters. The van der Waals surface area contributed by atoms with E-state index in [0.717, 1.165) is 0 Å². The highest BCUT2D eigenvalue weighted by Crippen LogP contribution is 2.38. The molecule has 122 valence electrons. The smallest absolute Gasteiger partial charge is 0.439 e. The minimum Gasteiger partial charge on any atom is -0.439 e. The molecule has 1 aromatic rings. The van der Waals surface area contributed by atoms with Gasteiger partial charge in [-0.2, -0.15) is 0 Å². The first-order chi connectivity index (χ1) is 9.99. The highest BCUT2D eigenvalue weighted by Gasteiger charge is 2.45. The molecule has 0 radical (unpaired) electrons. The number of hydrogen-bond acceptors (Lipinski definition) is 3. The third kappa shape index (κ3) is 3.45. The van der Waals surface area contributed by atoms with E-state index >= 15 is 0 Å². The van der Waals surface area contributed by atoms with Gasteiger partial charge in [0.25, 0.3) is 0 Å². The Labute approximate surface area is 126 Å². The van der Waals surface area contributed by atoms with Crippen molar-refractivity contribution in [3.8, 4) is 5.75 Å². The topological polar surface area (TPSA) is 38.8 Å². The van der Waals surface area contributed by atoms with E-state index < -0.39 is 24.1 Å². The molecule has 1 heterocycles. The van der Waals surface area contributed by atoms with Crippen molar-refractivity contribution in [3.63, 3.8) is 0 Å². The lowest BCUT2D eigenvalue weighted by Crippen LogP contribution is -2.46. The number of halogens is 3. The van der Waals surface area contributed by atoms with Crippen LogP contribution in [0.3, 0.4) is 0 Å². The Bertz CT molecular complexity index is 566. The number of amides is 1. The number of carbonyl (C=O) groups is 1. The van der Waals surface area contributed by atoms with Crippen molar-refractivity contribution in [1.82, 2.24) is 4.90 Å². The zero-order valence-corrected chi connectivity index (χ0v) is 12.8. The van der Waals surface area contributed by atoms with Crippen molar-refractivity contribution in [1.29, 1.82) is 0 Å². The van der Waals surface area contributed by atoms with Crippen molar-refractivity contribution in [2.24, 2.45) is 0 Å². The fourth-order valence-electron chi connectivity index (χ4n) is 2.69. The maximum atomic E-state index is 12.3. The summed E-state index contributed by atoms with van der Waals surface area (Å²) in [6.45, 7) is 7.42. The highest BCUT2D eigenvalue weighted by molar-refractivity contribution is 5.72. The fraction of sp³-hybridized carbons (Fsp3) is 0.533. The third-order valence-electron chi connectivity index (χ3n) is 3.41. The maximum Gasteiger partial charge on any atom is 0.573 e. The summed E-state index contributed by atoms with van der Waals surface area (Å²) in [5.41, 5.74) is 0.0278. The Balaban J connectivity index is 2.26. The van der Waals surface area contributed by atoms with E-state index in [4.69, 9.17) is 4.74 Å². The molecule has 4 nitrogen and oxygen atoms in total. The van der Waals surface area contributed by atoms with Gasteiger partial charge >= 0.3 is 12.5 Å². The summed E-state index contributed by atoms with van der Waals surface area (Å²) in [5.74, 6) is -0.331. The second-order valence-corrected chi connectivity index (χ2v) is 6.21. The molecular weight excluding hydrogens is 299 g/mol. The van der Waals surface area contributed by atoms with Crippen LogP contribution in [0.25, 0.3) is 0 Å². The lowest BCUT2D eigenvalue weighted by molar-refractivity contribution is -0.274. The molecule has 22 heavy (non-hydrogen) atoms. The Morgan fingerprint density at radius 2 is 1.86 bits per heavy atom. The molecule has 0 spiro atoms. The summed E-state index contributed by atoms with van der Waals surface area (Å²) >= 11 is 0. The monoisotopic (exact) mass is 317 g/mol. The van der Waals surface area contributed by atoms with Gasteiger partial charge in [-0.3, -0.25) is 4.90 Å². The molecule has 7 heteroatoms. The molecule has 0 bridgehead atoms. The average Bonchev–Trinajstić information content (AvgIpc) is 2.62. The van der Waals surface area contributed by atoms with E-state index in [2.05, 4.69) is 4.74 Å². The van der Waals surface area contributed by atoms with Crippen molar-refractivity contribution in [2.45, 2.75) is 51.7 Å². The van der Waals surface area contributed by atoms with E-state index in [0.29, 0.717) is 5.56 Å². The molecule has 0 N–H and O–H groups in total. The Kier molecular flexibility index (Phi) is 4.02. The second-order valence-electron chi connectivity index (χ2n) is 6.21. The maximum absolute atomic E-state index is 12.3. The molecule has 1 aromatic carbocycles. The van der Waals surface area contributed by atoms with Crippen molar-refractivity contribution < 1.29 is 27.4 Å². The van der Waals surface area contributed by atoms with Crippen LogP contribution >= 0.6 is 0 Å². The van der Waals surface area contributed by atoms with Gasteiger partial charge in [0.05, 0.1) is 6.04 Å². The van der Waals surface area contributed by atoms with E-state index in [9.17, 15) is 18.0 Å². The molecular formula is C15H18F3NO3. The molecule has 1 amide bonds. The summed E-state index contributed by atoms with van der Waals surface area (Å²) in [7, 11) is 0. The first-order valence-corrected chi connectivity index (χ1v) is 6.85. The lowest BCUT2D eigenvalue weighted by atomic mass is 9.98. The Hall–Kier alpha value is -1.92. The summed E-state index contributed by atoms with van der Waals surface area (Å²) < 4.78 is 46.1. The minimum absolute atomic E-state index is 0.298. The largest absolute Gasteiger partial charge is 0.573 e. The van der Waals surface area contributed by atoms with Crippen LogP contribution in [0, 0.1) is 0 Å². The van der Waals surface area contributed by atoms with Crippen LogP contribution in [0.2, 0.25) is 0 Å². The standard InChI is InChI=1S/C15H18F3NO3/c1-9-12(21-13(20)19(9)14(2,3)4)10-6-5-7-11(8-10)22-15(16,17)18/h5-9,12H,1-4H3/t9-,12-/m0/s1. The van der Waals surface area contributed by atoms with Crippen LogP contribution in [0.1, 0.15) is 39.4 Å². The molecule has 0 saturated carbocycles. The lowest BCUT2D eigenvalue weighted by Gasteiger charge is -2.33. The Morgan fingerprint density at radius 1 is 1.23 bits per heavy atom. The van der Waals surface area contributed by atoms with Crippen molar-refractivity contribution >= 4 is 6.09 Å². The third-order valence-corrected chi connectivity index (χ3v) is 3.41. The van der Waals surface area contributed by atoms with Gasteiger partial charge in [-0.15, -0.1) is 13.2 Å². The molecule has 1 aliphatic heterocycles. The Morgan fingerprint density at radius 3 is 2.36 bits per heavy atom. The fourth-order valence-corrected chi connectivity index (χ4v) is 2.69. The first kappa shape index (κ1) is 16.5. The zero-order valence-electron chi connectivity index (χ0n) is 12.8. The van der Waals surface area contributed by atoms with Gasteiger partial charge in [-0.1, -0.05) is 12.1 Å². The van der Waals surface area contributed by atoms with Crippen LogP contribution in [0.5, 0.6) is 5.75 Å². The number of alkyl halides is 3. The van der Waals surface area contributed by atoms with Crippen LogP contribution < -0.4 is 4.74 Å². The average molecular weight is 317 g/mol. The summed E-state index contributed by atoms with van der Waals surface area (Å²) in [6, 6.07) is 5.21. The van der Waals surface area contributed by atoms with Crippen LogP contribution in [0.15, 0.2) is 24.3 Å². The minimum atomic E-state index is -4.76. The molecule has 0 aromatic heterocycles. The van der Waals surface area contributed by atoms with E-state index in [1.807, 2.05) is 20.8 Å². The van der Waals surface area contributed by atoms with Crippen LogP contribution in [-0.2, 0) is 4.74 Å². The van der Waals surface area contributed by atoms with Gasteiger partial charge in [-0.25, -0.2) is 4.79 Å². The number of ether oxygens (including phenoxy) is 2. The number of benzene rings is 1. The summed E-state index contributed by atoms with van der Waals surface area (Å²) in [6.07, 6.45) is -5.87. The quantitative estimate of drug-likeness (QED) is 0.818. The van der Waals surface area contributed by atoms with E-state index in [1.54, 1.807) is 17.9 Å². The number of carbonyl (C=O) groups excluding carboxylic acids is 1. The van der Waals surface area contributed by atoms with Gasteiger partial charge in [-0.05, 0) is 45.4 Å². The predicted molar refractivity (Wildman–Crippen MR) is 73.4 cm³/mol. The second kappa shape index (κ2) is 5.37. The zero-order chi connectivity index (χ0) is 16.7. The van der Waals surface area contributed by atoms with Crippen molar-refractivity contribution in [2.75, 3.05) is 0 Å². The van der Waals surface area contributed by atoms with Gasteiger partial charge in [0.1, 0.15) is 11.9 Å². The van der Waals surface area contributed by atoms with Crippen LogP contribution in [-0.4, -0.2) is 28.9 Å². The summed E-state index contributed by atoms with van der Waals surface area (Å²) in [5, 5.41) is 0. The molecule has 1 saturated heterocycles. The van der Waals surface area contributed by atoms with Gasteiger partial charge in [0, 0.05) is 5.54 Å². The number of hydrogen-bond donors (Lipinski definition) is 0. The normalized spacial score (nSPS) is 22.7. The van der Waals surface area contributed by atoms with Gasteiger partial charge < -0.3 is 9.47 Å². The van der Waals surface area contributed by atoms with E-state index in [1.165, 1.54) is 18.2 Å². The predicted octanol–water partition coefficient (Wildman–Crippen LogP) is 4.27. The summed E-state index contributed by atoms with van der Waals surface area (Å²) in [4.78, 5) is 13.6. The molecule has 2 atom stereocenters. The molecule has 1 fully saturated rings. The van der Waals surface area contributed by atoms with Crippen molar-refractivity contribution in [3.05, 3.63) is 29.8 Å². The highest BCUT2D eigenvalue weighted by atomic mass is 19.4. The van der Waals surface area contributed by atoms with Gasteiger partial charge in [0.15, 0.2) is 0 Å². The number of cyclic esters (lactones) is 1. The molecule has 2 rings (SSSR count). The number of nitrogens with zero attached hydrogens (tertiary/aromatic N) is 1. The molecule has 1 aliphatic rings. The van der Waals surface area contributed by atoms with E-state index in [-0.39, 0.29) is 11.8 Å². The van der Waals surface area contributed by atoms with Gasteiger partial charge in [0.2, 0.25) is 0 Å². The van der Waals surface area contributed by atoms with Crippen LogP contribution in [0.4, 0.5) is 18.0 Å². The first-order valence-electron chi connectivity index (χ1n) is 6.85.